The molecule has 2 aliphatic rings. The monoisotopic (exact) mass is 360 g/mol. The fraction of sp³-hybridized carbons (Fsp3) is 0.267. The number of hydrogen-bond acceptors (Lipinski definition) is 4. The minimum Gasteiger partial charge on any atom is -0.478 e. The number of aromatic nitrogens is 2. The molecular weight excluding hydrogens is 351 g/mol. The van der Waals surface area contributed by atoms with Crippen LogP contribution in [0.5, 0.6) is 5.75 Å². The van der Waals surface area contributed by atoms with Crippen LogP contribution in [0.1, 0.15) is 18.4 Å². The van der Waals surface area contributed by atoms with Gasteiger partial charge in [0.2, 0.25) is 0 Å². The van der Waals surface area contributed by atoms with E-state index in [0.717, 1.165) is 12.8 Å². The molecule has 1 aliphatic carbocycles. The largest absolute Gasteiger partial charge is 0.478 e. The summed E-state index contributed by atoms with van der Waals surface area (Å²) in [7, 11) is 1.70. The predicted octanol–water partition coefficient (Wildman–Crippen LogP) is 3.49. The molecule has 1 aromatic heterocycles. The summed E-state index contributed by atoms with van der Waals surface area (Å²) in [6, 6.07) is 3.74. The van der Waals surface area contributed by atoms with Crippen molar-refractivity contribution in [1.82, 2.24) is 9.78 Å². The van der Waals surface area contributed by atoms with Crippen LogP contribution in [0, 0.1) is 17.1 Å². The normalized spacial score (nSPS) is 17.0. The molecule has 1 spiro atoms. The Morgan fingerprint density at radius 1 is 1.50 bits per heavy atom. The summed E-state index contributed by atoms with van der Waals surface area (Å²) < 4.78 is 22.5. The molecule has 1 aliphatic heterocycles. The Morgan fingerprint density at radius 2 is 2.27 bits per heavy atom. The van der Waals surface area contributed by atoms with Crippen LogP contribution in [0.15, 0.2) is 21.7 Å². The van der Waals surface area contributed by atoms with E-state index in [4.69, 9.17) is 4.74 Å². The first-order chi connectivity index (χ1) is 10.6. The zero-order chi connectivity index (χ0) is 15.5. The van der Waals surface area contributed by atoms with E-state index < -0.39 is 11.4 Å². The predicted molar refractivity (Wildman–Crippen MR) is 81.8 cm³/mol. The smallest absolute Gasteiger partial charge is 0.166 e. The van der Waals surface area contributed by atoms with E-state index in [-0.39, 0.29) is 15.6 Å². The van der Waals surface area contributed by atoms with Crippen molar-refractivity contribution in [2.24, 2.45) is 12.0 Å². The maximum Gasteiger partial charge on any atom is 0.166 e. The number of nitrogens with zero attached hydrogens (tertiary/aromatic N) is 4. The number of halogens is 2. The summed E-state index contributed by atoms with van der Waals surface area (Å²) in [6.07, 6.45) is 4.98. The van der Waals surface area contributed by atoms with Crippen molar-refractivity contribution in [2.75, 3.05) is 0 Å². The lowest BCUT2D eigenvalue weighted by Gasteiger charge is -2.23. The molecule has 1 aromatic carbocycles. The summed E-state index contributed by atoms with van der Waals surface area (Å²) in [4.78, 5) is 4.31. The standard InChI is InChI=1S/C15H10BrFN4O/c1-21-9(2-5-20-21)10-8(6-18)14-13(11(16)12(10)17)19-7-15(22-14)3-4-15/h2,5,7H,3-4H2,1H3. The molecule has 22 heavy (non-hydrogen) atoms. The van der Waals surface area contributed by atoms with Gasteiger partial charge in [0.25, 0.3) is 0 Å². The number of fused-ring (bicyclic) bond motifs is 1. The zero-order valence-corrected chi connectivity index (χ0v) is 13.2. The maximum absolute atomic E-state index is 14.8. The third-order valence-electron chi connectivity index (χ3n) is 3.98. The van der Waals surface area contributed by atoms with E-state index in [9.17, 15) is 9.65 Å². The third kappa shape index (κ3) is 1.74. The molecule has 110 valence electrons. The molecule has 7 heteroatoms. The summed E-state index contributed by atoms with van der Waals surface area (Å²) in [6.45, 7) is 0. The van der Waals surface area contributed by atoms with Crippen LogP contribution in [0.25, 0.3) is 11.3 Å². The molecule has 0 atom stereocenters. The summed E-state index contributed by atoms with van der Waals surface area (Å²) in [5.74, 6) is -0.196. The van der Waals surface area contributed by atoms with Crippen LogP contribution < -0.4 is 4.74 Å². The van der Waals surface area contributed by atoms with Crippen LogP contribution >= 0.6 is 15.9 Å². The van der Waals surface area contributed by atoms with E-state index in [1.54, 1.807) is 25.5 Å². The Morgan fingerprint density at radius 3 is 2.86 bits per heavy atom. The molecule has 5 nitrogen and oxygen atoms in total. The summed E-state index contributed by atoms with van der Waals surface area (Å²) in [5.41, 5.74) is 0.765. The lowest BCUT2D eigenvalue weighted by atomic mass is 10.0. The first kappa shape index (κ1) is 13.5. The molecular formula is C15H10BrFN4O. The minimum atomic E-state index is -0.536. The summed E-state index contributed by atoms with van der Waals surface area (Å²) >= 11 is 3.24. The van der Waals surface area contributed by atoms with Gasteiger partial charge in [0.05, 0.1) is 15.7 Å². The SMILES string of the molecule is Cn1nccc1-c1c(F)c(Br)c2c(c1C#N)OC1(C=N2)CC1. The van der Waals surface area contributed by atoms with Crippen molar-refractivity contribution in [3.05, 3.63) is 28.1 Å². The number of aliphatic imine (C=N–C) groups is 1. The molecule has 1 saturated carbocycles. The van der Waals surface area contributed by atoms with E-state index in [1.165, 1.54) is 4.68 Å². The quantitative estimate of drug-likeness (QED) is 0.781. The molecule has 2 heterocycles. The lowest BCUT2D eigenvalue weighted by molar-refractivity contribution is 0.249. The number of rotatable bonds is 1. The van der Waals surface area contributed by atoms with Gasteiger partial charge in [-0.2, -0.15) is 10.4 Å². The maximum atomic E-state index is 14.8. The van der Waals surface area contributed by atoms with Gasteiger partial charge in [-0.25, -0.2) is 4.39 Å². The van der Waals surface area contributed by atoms with E-state index in [0.29, 0.717) is 17.1 Å². The lowest BCUT2D eigenvalue weighted by Crippen LogP contribution is -2.23. The van der Waals surface area contributed by atoms with Gasteiger partial charge >= 0.3 is 0 Å². The number of ether oxygens (including phenoxy) is 1. The van der Waals surface area contributed by atoms with Gasteiger partial charge in [0, 0.05) is 19.5 Å². The highest BCUT2D eigenvalue weighted by atomic mass is 79.9. The van der Waals surface area contributed by atoms with Crippen molar-refractivity contribution in [2.45, 2.75) is 18.4 Å². The van der Waals surface area contributed by atoms with Crippen LogP contribution in [0.3, 0.4) is 0 Å². The number of benzene rings is 1. The molecule has 0 unspecified atom stereocenters. The van der Waals surface area contributed by atoms with Gasteiger partial charge in [-0.15, -0.1) is 0 Å². The average molecular weight is 361 g/mol. The topological polar surface area (TPSA) is 63.2 Å². The first-order valence-corrected chi connectivity index (χ1v) is 7.53. The fourth-order valence-corrected chi connectivity index (χ4v) is 3.08. The average Bonchev–Trinajstić information content (AvgIpc) is 3.12. The molecule has 0 radical (unpaired) electrons. The highest BCUT2D eigenvalue weighted by Crippen LogP contribution is 2.52. The van der Waals surface area contributed by atoms with Crippen molar-refractivity contribution >= 4 is 27.8 Å². The highest BCUT2D eigenvalue weighted by molar-refractivity contribution is 9.10. The van der Waals surface area contributed by atoms with Crippen molar-refractivity contribution in [3.8, 4) is 23.1 Å². The second-order valence-corrected chi connectivity index (χ2v) is 6.23. The highest BCUT2D eigenvalue weighted by Gasteiger charge is 2.47. The van der Waals surface area contributed by atoms with E-state index in [2.05, 4.69) is 32.1 Å². The van der Waals surface area contributed by atoms with Gasteiger partial charge in [-0.1, -0.05) is 0 Å². The molecule has 0 saturated heterocycles. The van der Waals surface area contributed by atoms with Crippen LogP contribution in [0.2, 0.25) is 0 Å². The Kier molecular flexibility index (Phi) is 2.69. The van der Waals surface area contributed by atoms with Crippen molar-refractivity contribution in [3.63, 3.8) is 0 Å². The first-order valence-electron chi connectivity index (χ1n) is 6.74. The fourth-order valence-electron chi connectivity index (χ4n) is 2.60. The second kappa shape index (κ2) is 4.40. The van der Waals surface area contributed by atoms with E-state index in [1.807, 2.05) is 0 Å². The molecule has 0 bridgehead atoms. The number of nitriles is 1. The Hall–Kier alpha value is -2.20. The van der Waals surface area contributed by atoms with Crippen LogP contribution in [0.4, 0.5) is 10.1 Å². The van der Waals surface area contributed by atoms with Gasteiger partial charge in [0.15, 0.2) is 11.6 Å². The summed E-state index contributed by atoms with van der Waals surface area (Å²) in [5, 5.41) is 13.6. The van der Waals surface area contributed by atoms with Crippen molar-refractivity contribution in [1.29, 1.82) is 5.26 Å². The van der Waals surface area contributed by atoms with Gasteiger partial charge in [-0.05, 0) is 34.8 Å². The molecule has 4 rings (SSSR count). The Labute approximate surface area is 134 Å². The molecule has 1 fully saturated rings. The van der Waals surface area contributed by atoms with E-state index >= 15 is 0 Å². The number of hydrogen-bond donors (Lipinski definition) is 0. The van der Waals surface area contributed by atoms with Crippen LogP contribution in [-0.2, 0) is 7.05 Å². The molecule has 0 amide bonds. The Bertz CT molecular complexity index is 877. The van der Waals surface area contributed by atoms with Gasteiger partial charge < -0.3 is 4.74 Å². The van der Waals surface area contributed by atoms with Crippen LogP contribution in [-0.4, -0.2) is 21.6 Å². The molecule has 2 aromatic rings. The Balaban J connectivity index is 2.05. The van der Waals surface area contributed by atoms with Gasteiger partial charge in [0.1, 0.15) is 22.9 Å². The minimum absolute atomic E-state index is 0.155. The van der Waals surface area contributed by atoms with Gasteiger partial charge in [-0.3, -0.25) is 9.67 Å². The molecule has 0 N–H and O–H groups in total. The third-order valence-corrected chi connectivity index (χ3v) is 4.70. The zero-order valence-electron chi connectivity index (χ0n) is 11.6. The number of aryl methyl sites for hydroxylation is 1. The second-order valence-electron chi connectivity index (χ2n) is 5.43. The van der Waals surface area contributed by atoms with Crippen molar-refractivity contribution < 1.29 is 9.13 Å².